The summed E-state index contributed by atoms with van der Waals surface area (Å²) in [5, 5.41) is 9.07. The van der Waals surface area contributed by atoms with Crippen molar-refractivity contribution >= 4 is 23.7 Å². The van der Waals surface area contributed by atoms with Gasteiger partial charge in [-0.05, 0) is 26.0 Å². The van der Waals surface area contributed by atoms with E-state index in [1.807, 2.05) is 13.0 Å². The van der Waals surface area contributed by atoms with Gasteiger partial charge in [-0.3, -0.25) is 4.79 Å². The van der Waals surface area contributed by atoms with E-state index in [4.69, 9.17) is 5.11 Å². The number of rotatable bonds is 5. The minimum atomic E-state index is -0.995. The van der Waals surface area contributed by atoms with Crippen LogP contribution in [-0.4, -0.2) is 28.9 Å². The molecule has 15 heavy (non-hydrogen) atoms. The van der Waals surface area contributed by atoms with Crippen molar-refractivity contribution < 1.29 is 14.7 Å². The van der Waals surface area contributed by atoms with Crippen LogP contribution in [0.5, 0.6) is 0 Å². The molecule has 0 fully saturated rings. The maximum atomic E-state index is 11.1. The summed E-state index contributed by atoms with van der Waals surface area (Å²) >= 11 is 1.40. The lowest BCUT2D eigenvalue weighted by molar-refractivity contribution is -0.146. The highest BCUT2D eigenvalue weighted by atomic mass is 32.1. The summed E-state index contributed by atoms with van der Waals surface area (Å²) in [5.41, 5.74) is 0. The summed E-state index contributed by atoms with van der Waals surface area (Å²) in [6, 6.07) is 2.76. The Labute approximate surface area is 92.1 Å². The summed E-state index contributed by atoms with van der Waals surface area (Å²) in [7, 11) is 0. The van der Waals surface area contributed by atoms with Crippen LogP contribution in [0, 0.1) is 6.92 Å². The molecule has 1 unspecified atom stereocenters. The SMILES string of the molecule is CCN(C=O)C(C(=O)O)c1ccc(C)s1. The zero-order valence-corrected chi connectivity index (χ0v) is 9.45. The van der Waals surface area contributed by atoms with Crippen LogP contribution in [0.4, 0.5) is 0 Å². The van der Waals surface area contributed by atoms with Gasteiger partial charge in [0.25, 0.3) is 0 Å². The minimum Gasteiger partial charge on any atom is -0.479 e. The number of nitrogens with zero attached hydrogens (tertiary/aromatic N) is 1. The van der Waals surface area contributed by atoms with Gasteiger partial charge in [-0.15, -0.1) is 11.3 Å². The summed E-state index contributed by atoms with van der Waals surface area (Å²) in [6.45, 7) is 4.05. The maximum Gasteiger partial charge on any atom is 0.331 e. The predicted octanol–water partition coefficient (Wildman–Crippen LogP) is 1.66. The summed E-state index contributed by atoms with van der Waals surface area (Å²) in [5.74, 6) is -0.995. The van der Waals surface area contributed by atoms with Gasteiger partial charge in [0.05, 0.1) is 0 Å². The second kappa shape index (κ2) is 4.93. The quantitative estimate of drug-likeness (QED) is 0.778. The lowest BCUT2D eigenvalue weighted by atomic mass is 10.2. The molecule has 1 atom stereocenters. The number of amides is 1. The Kier molecular flexibility index (Phi) is 3.85. The van der Waals surface area contributed by atoms with E-state index in [2.05, 4.69) is 0 Å². The van der Waals surface area contributed by atoms with E-state index < -0.39 is 12.0 Å². The number of carboxylic acid groups (broad SMARTS) is 1. The Morgan fingerprint density at radius 1 is 1.67 bits per heavy atom. The van der Waals surface area contributed by atoms with E-state index in [9.17, 15) is 9.59 Å². The summed E-state index contributed by atoms with van der Waals surface area (Å²) in [4.78, 5) is 24.8. The number of carbonyl (C=O) groups is 2. The van der Waals surface area contributed by atoms with Crippen LogP contribution in [0.25, 0.3) is 0 Å². The van der Waals surface area contributed by atoms with E-state index in [-0.39, 0.29) is 0 Å². The van der Waals surface area contributed by atoms with Crippen LogP contribution >= 0.6 is 11.3 Å². The second-order valence-corrected chi connectivity index (χ2v) is 4.44. The highest BCUT2D eigenvalue weighted by Gasteiger charge is 2.26. The van der Waals surface area contributed by atoms with Gasteiger partial charge in [-0.25, -0.2) is 4.79 Å². The smallest absolute Gasteiger partial charge is 0.331 e. The molecule has 4 nitrogen and oxygen atoms in total. The van der Waals surface area contributed by atoms with Gasteiger partial charge in [0.1, 0.15) is 0 Å². The highest BCUT2D eigenvalue weighted by molar-refractivity contribution is 7.12. The van der Waals surface area contributed by atoms with Crippen molar-refractivity contribution in [1.29, 1.82) is 0 Å². The summed E-state index contributed by atoms with van der Waals surface area (Å²) < 4.78 is 0. The predicted molar refractivity (Wildman–Crippen MR) is 57.9 cm³/mol. The minimum absolute atomic E-state index is 0.386. The topological polar surface area (TPSA) is 57.6 Å². The zero-order chi connectivity index (χ0) is 11.4. The van der Waals surface area contributed by atoms with Crippen LogP contribution in [0.1, 0.15) is 22.7 Å². The van der Waals surface area contributed by atoms with Crippen LogP contribution in [0.3, 0.4) is 0 Å². The molecule has 1 aromatic heterocycles. The third-order valence-corrected chi connectivity index (χ3v) is 3.15. The molecule has 5 heteroatoms. The van der Waals surface area contributed by atoms with E-state index in [1.54, 1.807) is 13.0 Å². The molecule has 1 amide bonds. The Bertz CT molecular complexity index is 361. The third-order valence-electron chi connectivity index (χ3n) is 2.10. The van der Waals surface area contributed by atoms with E-state index >= 15 is 0 Å². The van der Waals surface area contributed by atoms with Crippen LogP contribution < -0.4 is 0 Å². The van der Waals surface area contributed by atoms with E-state index in [1.165, 1.54) is 16.2 Å². The molecule has 0 bridgehead atoms. The molecule has 0 aliphatic carbocycles. The molecule has 0 saturated heterocycles. The van der Waals surface area contributed by atoms with Crippen LogP contribution in [0.2, 0.25) is 0 Å². The fourth-order valence-corrected chi connectivity index (χ4v) is 2.34. The van der Waals surface area contributed by atoms with Gasteiger partial charge >= 0.3 is 5.97 Å². The molecule has 0 saturated carbocycles. The Hall–Kier alpha value is -1.36. The van der Waals surface area contributed by atoms with Gasteiger partial charge in [-0.1, -0.05) is 0 Å². The van der Waals surface area contributed by atoms with Crippen molar-refractivity contribution in [1.82, 2.24) is 4.90 Å². The number of hydrogen-bond donors (Lipinski definition) is 1. The van der Waals surface area contributed by atoms with Crippen molar-refractivity contribution in [2.45, 2.75) is 19.9 Å². The molecule has 0 aliphatic rings. The number of thiophene rings is 1. The molecule has 1 N–H and O–H groups in total. The van der Waals surface area contributed by atoms with Crippen molar-refractivity contribution in [3.63, 3.8) is 0 Å². The van der Waals surface area contributed by atoms with Gasteiger partial charge in [0, 0.05) is 16.3 Å². The number of carboxylic acids is 1. The van der Waals surface area contributed by atoms with Crippen molar-refractivity contribution in [3.05, 3.63) is 21.9 Å². The first kappa shape index (κ1) is 11.7. The van der Waals surface area contributed by atoms with Crippen molar-refractivity contribution in [2.75, 3.05) is 6.54 Å². The fourth-order valence-electron chi connectivity index (χ4n) is 1.35. The first-order chi connectivity index (χ1) is 7.10. The lowest BCUT2D eigenvalue weighted by Crippen LogP contribution is -2.32. The molecule has 0 aromatic carbocycles. The average molecular weight is 227 g/mol. The highest BCUT2D eigenvalue weighted by Crippen LogP contribution is 2.26. The fraction of sp³-hybridized carbons (Fsp3) is 0.400. The number of aliphatic carboxylic acids is 1. The maximum absolute atomic E-state index is 11.1. The molecule has 0 radical (unpaired) electrons. The van der Waals surface area contributed by atoms with Crippen molar-refractivity contribution in [3.8, 4) is 0 Å². The number of likely N-dealkylation sites (N-methyl/N-ethyl adjacent to an activating group) is 1. The van der Waals surface area contributed by atoms with E-state index in [0.717, 1.165) is 4.88 Å². The first-order valence-corrected chi connectivity index (χ1v) is 5.42. The Balaban J connectivity index is 3.02. The van der Waals surface area contributed by atoms with Gasteiger partial charge in [0.2, 0.25) is 6.41 Å². The van der Waals surface area contributed by atoms with Gasteiger partial charge < -0.3 is 10.0 Å². The second-order valence-electron chi connectivity index (χ2n) is 3.13. The first-order valence-electron chi connectivity index (χ1n) is 4.60. The van der Waals surface area contributed by atoms with Gasteiger partial charge in [0.15, 0.2) is 6.04 Å². The molecule has 0 spiro atoms. The van der Waals surface area contributed by atoms with Crippen LogP contribution in [-0.2, 0) is 9.59 Å². The molecule has 0 aliphatic heterocycles. The van der Waals surface area contributed by atoms with Crippen molar-refractivity contribution in [2.24, 2.45) is 0 Å². The Morgan fingerprint density at radius 2 is 2.33 bits per heavy atom. The van der Waals surface area contributed by atoms with Gasteiger partial charge in [-0.2, -0.15) is 0 Å². The lowest BCUT2D eigenvalue weighted by Gasteiger charge is -2.22. The molecular weight excluding hydrogens is 214 g/mol. The number of hydrogen-bond acceptors (Lipinski definition) is 3. The molecule has 82 valence electrons. The van der Waals surface area contributed by atoms with E-state index in [0.29, 0.717) is 17.8 Å². The normalized spacial score (nSPS) is 12.1. The third kappa shape index (κ3) is 2.56. The number of carbonyl (C=O) groups excluding carboxylic acids is 1. The standard InChI is InChI=1S/C10H13NO3S/c1-3-11(6-12)9(10(13)14)8-5-4-7(2)15-8/h4-6,9H,3H2,1-2H3,(H,13,14). The monoisotopic (exact) mass is 227 g/mol. The zero-order valence-electron chi connectivity index (χ0n) is 8.64. The Morgan fingerprint density at radius 3 is 2.67 bits per heavy atom. The largest absolute Gasteiger partial charge is 0.479 e. The molecule has 1 rings (SSSR count). The molecule has 1 aromatic rings. The molecular formula is C10H13NO3S. The average Bonchev–Trinajstić information content (AvgIpc) is 2.59. The molecule has 1 heterocycles. The number of aryl methyl sites for hydroxylation is 1. The summed E-state index contributed by atoms with van der Waals surface area (Å²) in [6.07, 6.45) is 0.577. The van der Waals surface area contributed by atoms with Crippen LogP contribution in [0.15, 0.2) is 12.1 Å².